The monoisotopic (exact) mass is 257 g/mol. The molecule has 1 heterocycles. The maximum Gasteiger partial charge on any atom is 0.275 e. The summed E-state index contributed by atoms with van der Waals surface area (Å²) in [7, 11) is 0. The maximum absolute atomic E-state index is 11.9. The molecule has 0 radical (unpaired) electrons. The lowest BCUT2D eigenvalue weighted by molar-refractivity contribution is 0.0948. The summed E-state index contributed by atoms with van der Waals surface area (Å²) in [5.74, 6) is -0.314. The van der Waals surface area contributed by atoms with Gasteiger partial charge in [0.05, 0.1) is 6.20 Å². The first-order valence-electron chi connectivity index (χ1n) is 6.15. The van der Waals surface area contributed by atoms with E-state index in [1.165, 1.54) is 6.20 Å². The van der Waals surface area contributed by atoms with E-state index in [1.807, 2.05) is 25.1 Å². The highest BCUT2D eigenvalue weighted by Gasteiger charge is 2.10. The molecule has 0 saturated heterocycles. The van der Waals surface area contributed by atoms with Gasteiger partial charge in [-0.1, -0.05) is 37.3 Å². The van der Waals surface area contributed by atoms with E-state index >= 15 is 0 Å². The Morgan fingerprint density at radius 2 is 2.05 bits per heavy atom. The van der Waals surface area contributed by atoms with Gasteiger partial charge >= 0.3 is 0 Å². The van der Waals surface area contributed by atoms with Crippen LogP contribution >= 0.6 is 0 Å². The van der Waals surface area contributed by atoms with Crippen molar-refractivity contribution in [2.75, 3.05) is 6.54 Å². The number of carbonyl (C=O) groups is 1. The van der Waals surface area contributed by atoms with E-state index < -0.39 is 0 Å². The predicted octanol–water partition coefficient (Wildman–Crippen LogP) is 1.58. The molecule has 1 aromatic heterocycles. The van der Waals surface area contributed by atoms with Crippen LogP contribution in [-0.2, 0) is 0 Å². The van der Waals surface area contributed by atoms with Crippen LogP contribution in [-0.4, -0.2) is 22.4 Å². The normalized spacial score (nSPS) is 10.2. The lowest BCUT2D eigenvalue weighted by Gasteiger charge is -2.04. The fourth-order valence-electron chi connectivity index (χ4n) is 1.65. The van der Waals surface area contributed by atoms with Crippen LogP contribution in [0.2, 0.25) is 0 Å². The van der Waals surface area contributed by atoms with Gasteiger partial charge < -0.3 is 10.3 Å². The number of H-pyrrole nitrogens is 1. The van der Waals surface area contributed by atoms with E-state index in [0.717, 1.165) is 12.0 Å². The van der Waals surface area contributed by atoms with E-state index in [0.29, 0.717) is 12.2 Å². The number of nitrogens with zero attached hydrogens (tertiary/aromatic N) is 1. The lowest BCUT2D eigenvalue weighted by atomic mass is 10.1. The molecule has 19 heavy (non-hydrogen) atoms. The molecule has 0 spiro atoms. The van der Waals surface area contributed by atoms with Crippen LogP contribution in [0.15, 0.2) is 41.3 Å². The van der Waals surface area contributed by atoms with Crippen LogP contribution in [0.5, 0.6) is 0 Å². The number of hydrogen-bond acceptors (Lipinski definition) is 3. The van der Waals surface area contributed by atoms with Crippen LogP contribution < -0.4 is 10.9 Å². The summed E-state index contributed by atoms with van der Waals surface area (Å²) in [5, 5.41) is 2.69. The van der Waals surface area contributed by atoms with E-state index in [4.69, 9.17) is 0 Å². The summed E-state index contributed by atoms with van der Waals surface area (Å²) < 4.78 is 0. The highest BCUT2D eigenvalue weighted by Crippen LogP contribution is 2.10. The molecule has 2 aromatic rings. The molecule has 2 N–H and O–H groups in total. The first kappa shape index (κ1) is 13.0. The van der Waals surface area contributed by atoms with Crippen molar-refractivity contribution in [2.45, 2.75) is 13.3 Å². The molecule has 1 amide bonds. The molecule has 0 aliphatic heterocycles. The highest BCUT2D eigenvalue weighted by atomic mass is 16.2. The molecule has 2 rings (SSSR count). The second kappa shape index (κ2) is 5.95. The molecule has 0 unspecified atom stereocenters. The molecule has 0 aliphatic carbocycles. The first-order chi connectivity index (χ1) is 9.22. The number of rotatable bonds is 4. The van der Waals surface area contributed by atoms with Gasteiger partial charge in [-0.05, 0) is 6.42 Å². The van der Waals surface area contributed by atoms with Gasteiger partial charge in [0.1, 0.15) is 11.4 Å². The highest BCUT2D eigenvalue weighted by molar-refractivity contribution is 5.92. The Bertz CT molecular complexity index is 620. The van der Waals surface area contributed by atoms with Gasteiger partial charge in [0.15, 0.2) is 0 Å². The number of nitrogens with one attached hydrogen (secondary N) is 2. The third kappa shape index (κ3) is 3.07. The largest absolute Gasteiger partial charge is 0.351 e. The Kier molecular flexibility index (Phi) is 4.07. The minimum absolute atomic E-state index is 0.179. The number of aromatic amines is 1. The molecule has 0 aliphatic rings. The summed E-state index contributed by atoms with van der Waals surface area (Å²) in [6, 6.07) is 9.13. The summed E-state index contributed by atoms with van der Waals surface area (Å²) in [5.41, 5.74) is 0.852. The zero-order valence-corrected chi connectivity index (χ0v) is 10.6. The van der Waals surface area contributed by atoms with Gasteiger partial charge in [-0.25, -0.2) is 4.98 Å². The summed E-state index contributed by atoms with van der Waals surface area (Å²) in [6.45, 7) is 2.53. The second-order valence-corrected chi connectivity index (χ2v) is 4.10. The van der Waals surface area contributed by atoms with Crippen molar-refractivity contribution < 1.29 is 4.79 Å². The van der Waals surface area contributed by atoms with Crippen LogP contribution in [0, 0.1) is 0 Å². The molecular formula is C14H15N3O2. The van der Waals surface area contributed by atoms with Crippen molar-refractivity contribution in [2.24, 2.45) is 0 Å². The number of amides is 1. The Labute approximate surface area is 110 Å². The fraction of sp³-hybridized carbons (Fsp3) is 0.214. The van der Waals surface area contributed by atoms with Crippen molar-refractivity contribution in [3.8, 4) is 11.3 Å². The predicted molar refractivity (Wildman–Crippen MR) is 72.9 cm³/mol. The van der Waals surface area contributed by atoms with Crippen molar-refractivity contribution in [3.05, 3.63) is 52.6 Å². The number of carbonyl (C=O) groups excluding carboxylic acids is 1. The van der Waals surface area contributed by atoms with Gasteiger partial charge in [-0.2, -0.15) is 0 Å². The minimum atomic E-state index is -0.365. The molecule has 0 fully saturated rings. The second-order valence-electron chi connectivity index (χ2n) is 4.10. The lowest BCUT2D eigenvalue weighted by Crippen LogP contribution is -2.27. The van der Waals surface area contributed by atoms with Crippen molar-refractivity contribution >= 4 is 5.91 Å². The maximum atomic E-state index is 11.9. The average Bonchev–Trinajstić information content (AvgIpc) is 2.45. The zero-order valence-electron chi connectivity index (χ0n) is 10.6. The molecule has 5 heteroatoms. The number of hydrogen-bond donors (Lipinski definition) is 2. The van der Waals surface area contributed by atoms with Crippen molar-refractivity contribution in [1.29, 1.82) is 0 Å². The van der Waals surface area contributed by atoms with Crippen LogP contribution in [0.3, 0.4) is 0 Å². The van der Waals surface area contributed by atoms with Crippen LogP contribution in [0.4, 0.5) is 0 Å². The standard InChI is InChI=1S/C14H15N3O2/c1-2-8-15-13(18)11-9-16-12(14(19)17-11)10-6-4-3-5-7-10/h3-7,9H,2,8H2,1H3,(H,15,18)(H,17,19). The third-order valence-electron chi connectivity index (χ3n) is 2.61. The van der Waals surface area contributed by atoms with Gasteiger partial charge in [0.25, 0.3) is 11.5 Å². The van der Waals surface area contributed by atoms with Gasteiger partial charge in [0.2, 0.25) is 0 Å². The Hall–Kier alpha value is -2.43. The van der Waals surface area contributed by atoms with Crippen LogP contribution in [0.25, 0.3) is 11.3 Å². The smallest absolute Gasteiger partial charge is 0.275 e. The molecule has 98 valence electrons. The van der Waals surface area contributed by atoms with Crippen LogP contribution in [0.1, 0.15) is 23.8 Å². The van der Waals surface area contributed by atoms with Gasteiger partial charge in [-0.15, -0.1) is 0 Å². The van der Waals surface area contributed by atoms with Gasteiger partial charge in [-0.3, -0.25) is 9.59 Å². The Morgan fingerprint density at radius 3 is 2.68 bits per heavy atom. The van der Waals surface area contributed by atoms with E-state index in [1.54, 1.807) is 12.1 Å². The summed E-state index contributed by atoms with van der Waals surface area (Å²) in [4.78, 5) is 30.2. The first-order valence-corrected chi connectivity index (χ1v) is 6.15. The number of benzene rings is 1. The van der Waals surface area contributed by atoms with Crippen molar-refractivity contribution in [1.82, 2.24) is 15.3 Å². The zero-order chi connectivity index (χ0) is 13.7. The molecule has 5 nitrogen and oxygen atoms in total. The van der Waals surface area contributed by atoms with E-state index in [-0.39, 0.29) is 17.2 Å². The topological polar surface area (TPSA) is 74.8 Å². The Morgan fingerprint density at radius 1 is 1.32 bits per heavy atom. The fourth-order valence-corrected chi connectivity index (χ4v) is 1.65. The summed E-state index contributed by atoms with van der Waals surface area (Å²) in [6.07, 6.45) is 2.22. The average molecular weight is 257 g/mol. The quantitative estimate of drug-likeness (QED) is 0.873. The molecule has 0 atom stereocenters. The SMILES string of the molecule is CCCNC(=O)c1cnc(-c2ccccc2)c(=O)[nH]1. The van der Waals surface area contributed by atoms with Crippen molar-refractivity contribution in [3.63, 3.8) is 0 Å². The van der Waals surface area contributed by atoms with Gasteiger partial charge in [0, 0.05) is 12.1 Å². The minimum Gasteiger partial charge on any atom is -0.351 e. The number of aromatic nitrogens is 2. The molecule has 1 aromatic carbocycles. The Balaban J connectivity index is 2.28. The van der Waals surface area contributed by atoms with E-state index in [2.05, 4.69) is 15.3 Å². The molecule has 0 saturated carbocycles. The van der Waals surface area contributed by atoms with E-state index in [9.17, 15) is 9.59 Å². The molecule has 0 bridgehead atoms. The molecular weight excluding hydrogens is 242 g/mol. The summed E-state index contributed by atoms with van der Waals surface area (Å²) >= 11 is 0. The third-order valence-corrected chi connectivity index (χ3v) is 2.61.